The van der Waals surface area contributed by atoms with Crippen LogP contribution in [0.3, 0.4) is 0 Å². The third kappa shape index (κ3) is 0.932. The Morgan fingerprint density at radius 1 is 1.45 bits per heavy atom. The van der Waals surface area contributed by atoms with Crippen molar-refractivity contribution in [2.75, 3.05) is 0 Å². The number of nitrogens with zero attached hydrogens (tertiary/aromatic N) is 2. The molecule has 2 N–H and O–H groups in total. The number of aromatic nitrogens is 4. The van der Waals surface area contributed by atoms with Crippen LogP contribution in [0.2, 0.25) is 0 Å². The maximum Gasteiger partial charge on any atom is 0.147 e. The monoisotopic (exact) mass is 166 g/mol. The second kappa shape index (κ2) is 2.13. The molecule has 0 aliphatic heterocycles. The van der Waals surface area contributed by atoms with Crippen molar-refractivity contribution in [1.82, 2.24) is 20.4 Å². The minimum absolute atomic E-state index is 0.633. The SMILES string of the molecule is Cc1cc2n[nH]nc2c(=S)[nH]1. The van der Waals surface area contributed by atoms with Gasteiger partial charge < -0.3 is 4.98 Å². The van der Waals surface area contributed by atoms with Crippen molar-refractivity contribution in [3.8, 4) is 0 Å². The third-order valence-corrected chi connectivity index (χ3v) is 1.75. The van der Waals surface area contributed by atoms with E-state index in [1.54, 1.807) is 0 Å². The van der Waals surface area contributed by atoms with E-state index in [1.807, 2.05) is 13.0 Å². The second-order valence-corrected chi connectivity index (χ2v) is 2.75. The lowest BCUT2D eigenvalue weighted by atomic mass is 10.3. The molecule has 0 aliphatic rings. The summed E-state index contributed by atoms with van der Waals surface area (Å²) in [6.45, 7) is 1.93. The molecule has 11 heavy (non-hydrogen) atoms. The van der Waals surface area contributed by atoms with E-state index in [1.165, 1.54) is 0 Å². The zero-order chi connectivity index (χ0) is 7.84. The van der Waals surface area contributed by atoms with Crippen LogP contribution in [0.4, 0.5) is 0 Å². The summed E-state index contributed by atoms with van der Waals surface area (Å²) < 4.78 is 0.633. The second-order valence-electron chi connectivity index (χ2n) is 2.34. The van der Waals surface area contributed by atoms with E-state index in [0.717, 1.165) is 16.7 Å². The van der Waals surface area contributed by atoms with Gasteiger partial charge in [-0.15, -0.1) is 0 Å². The van der Waals surface area contributed by atoms with Gasteiger partial charge in [0, 0.05) is 5.69 Å². The Hall–Kier alpha value is -1.23. The Kier molecular flexibility index (Phi) is 1.25. The minimum atomic E-state index is 0.633. The number of nitrogens with one attached hydrogen (secondary N) is 2. The summed E-state index contributed by atoms with van der Waals surface area (Å²) in [5, 5.41) is 10.3. The third-order valence-electron chi connectivity index (χ3n) is 1.45. The molecule has 5 heteroatoms. The number of rotatable bonds is 0. The molecule has 0 amide bonds. The van der Waals surface area contributed by atoms with Gasteiger partial charge >= 0.3 is 0 Å². The number of aromatic amines is 2. The Morgan fingerprint density at radius 3 is 3.09 bits per heavy atom. The maximum atomic E-state index is 5.02. The van der Waals surface area contributed by atoms with Gasteiger partial charge in [0.05, 0.1) is 0 Å². The molecule has 0 radical (unpaired) electrons. The summed E-state index contributed by atoms with van der Waals surface area (Å²) in [5.41, 5.74) is 2.54. The van der Waals surface area contributed by atoms with E-state index in [2.05, 4.69) is 20.4 Å². The first-order valence-electron chi connectivity index (χ1n) is 3.18. The Labute approximate surface area is 67.6 Å². The van der Waals surface area contributed by atoms with Crippen molar-refractivity contribution in [2.45, 2.75) is 6.92 Å². The molecule has 2 heterocycles. The molecule has 0 bridgehead atoms. The lowest BCUT2D eigenvalue weighted by molar-refractivity contribution is 0.958. The molecule has 0 fully saturated rings. The van der Waals surface area contributed by atoms with E-state index in [-0.39, 0.29) is 0 Å². The van der Waals surface area contributed by atoms with Gasteiger partial charge in [0.15, 0.2) is 0 Å². The van der Waals surface area contributed by atoms with Gasteiger partial charge in [-0.3, -0.25) is 0 Å². The van der Waals surface area contributed by atoms with Gasteiger partial charge in [0.1, 0.15) is 15.7 Å². The largest absolute Gasteiger partial charge is 0.348 e. The van der Waals surface area contributed by atoms with Crippen LogP contribution in [0.5, 0.6) is 0 Å². The Morgan fingerprint density at radius 2 is 2.27 bits per heavy atom. The normalized spacial score (nSPS) is 10.6. The molecule has 0 aromatic carbocycles. The van der Waals surface area contributed by atoms with Crippen LogP contribution in [-0.4, -0.2) is 20.4 Å². The number of hydrogen-bond acceptors (Lipinski definition) is 3. The first kappa shape index (κ1) is 6.48. The molecule has 4 nitrogen and oxygen atoms in total. The topological polar surface area (TPSA) is 57.4 Å². The van der Waals surface area contributed by atoms with Crippen molar-refractivity contribution in [2.24, 2.45) is 0 Å². The maximum absolute atomic E-state index is 5.02. The van der Waals surface area contributed by atoms with Crippen LogP contribution in [0, 0.1) is 11.6 Å². The number of H-pyrrole nitrogens is 2. The van der Waals surface area contributed by atoms with Gasteiger partial charge in [0.2, 0.25) is 0 Å². The number of pyridine rings is 1. The lowest BCUT2D eigenvalue weighted by Gasteiger charge is -1.90. The standard InChI is InChI=1S/C6H6N4S/c1-3-2-4-5(6(11)7-3)9-10-8-4/h2H,1H3,(H,7,11)(H,8,9,10). The zero-order valence-electron chi connectivity index (χ0n) is 5.88. The van der Waals surface area contributed by atoms with Gasteiger partial charge in [-0.1, -0.05) is 12.2 Å². The summed E-state index contributed by atoms with van der Waals surface area (Å²) >= 11 is 5.02. The lowest BCUT2D eigenvalue weighted by Crippen LogP contribution is -1.82. The average molecular weight is 166 g/mol. The van der Waals surface area contributed by atoms with E-state index in [4.69, 9.17) is 12.2 Å². The highest BCUT2D eigenvalue weighted by Crippen LogP contribution is 2.08. The average Bonchev–Trinajstić information content (AvgIpc) is 2.34. The minimum Gasteiger partial charge on any atom is -0.348 e. The highest BCUT2D eigenvalue weighted by molar-refractivity contribution is 7.71. The van der Waals surface area contributed by atoms with E-state index < -0.39 is 0 Å². The zero-order valence-corrected chi connectivity index (χ0v) is 6.70. The quantitative estimate of drug-likeness (QED) is 0.580. The van der Waals surface area contributed by atoms with Crippen LogP contribution in [0.1, 0.15) is 5.69 Å². The van der Waals surface area contributed by atoms with Gasteiger partial charge in [-0.25, -0.2) is 0 Å². The fourth-order valence-corrected chi connectivity index (χ4v) is 1.30. The van der Waals surface area contributed by atoms with Crippen molar-refractivity contribution < 1.29 is 0 Å². The number of hydrogen-bond donors (Lipinski definition) is 2. The van der Waals surface area contributed by atoms with E-state index in [9.17, 15) is 0 Å². The Bertz CT molecular complexity index is 441. The van der Waals surface area contributed by atoms with E-state index in [0.29, 0.717) is 4.64 Å². The molecule has 56 valence electrons. The molecule has 0 unspecified atom stereocenters. The predicted octanol–water partition coefficient (Wildman–Crippen LogP) is 1.32. The molecule has 2 rings (SSSR count). The van der Waals surface area contributed by atoms with E-state index >= 15 is 0 Å². The molecule has 0 saturated carbocycles. The number of aryl methyl sites for hydroxylation is 1. The van der Waals surface area contributed by atoms with Crippen LogP contribution < -0.4 is 0 Å². The first-order chi connectivity index (χ1) is 5.27. The fraction of sp³-hybridized carbons (Fsp3) is 0.167. The summed E-state index contributed by atoms with van der Waals surface area (Å²) in [7, 11) is 0. The van der Waals surface area contributed by atoms with Gasteiger partial charge in [-0.2, -0.15) is 15.4 Å². The molecule has 0 saturated heterocycles. The summed E-state index contributed by atoms with van der Waals surface area (Å²) in [6, 6.07) is 1.90. The van der Waals surface area contributed by atoms with Crippen LogP contribution in [0.15, 0.2) is 6.07 Å². The highest BCUT2D eigenvalue weighted by Gasteiger charge is 1.98. The molecule has 0 aliphatic carbocycles. The van der Waals surface area contributed by atoms with Crippen molar-refractivity contribution >= 4 is 23.3 Å². The Balaban J connectivity index is 3.02. The molecule has 0 atom stereocenters. The van der Waals surface area contributed by atoms with Crippen LogP contribution in [-0.2, 0) is 0 Å². The first-order valence-corrected chi connectivity index (χ1v) is 3.58. The predicted molar refractivity (Wildman–Crippen MR) is 43.8 cm³/mol. The molecule has 0 spiro atoms. The fourth-order valence-electron chi connectivity index (χ4n) is 0.986. The molecule has 2 aromatic rings. The number of fused-ring (bicyclic) bond motifs is 1. The van der Waals surface area contributed by atoms with Gasteiger partial charge in [-0.05, 0) is 13.0 Å². The smallest absolute Gasteiger partial charge is 0.147 e. The summed E-state index contributed by atoms with van der Waals surface area (Å²) in [5.74, 6) is 0. The molecular formula is C6H6N4S. The highest BCUT2D eigenvalue weighted by atomic mass is 32.1. The van der Waals surface area contributed by atoms with Crippen LogP contribution >= 0.6 is 12.2 Å². The van der Waals surface area contributed by atoms with Gasteiger partial charge in [0.25, 0.3) is 0 Å². The summed E-state index contributed by atoms with van der Waals surface area (Å²) in [6.07, 6.45) is 0. The van der Waals surface area contributed by atoms with Crippen molar-refractivity contribution in [1.29, 1.82) is 0 Å². The summed E-state index contributed by atoms with van der Waals surface area (Å²) in [4.78, 5) is 2.99. The molecule has 2 aromatic heterocycles. The van der Waals surface area contributed by atoms with Crippen molar-refractivity contribution in [3.63, 3.8) is 0 Å². The van der Waals surface area contributed by atoms with Crippen molar-refractivity contribution in [3.05, 3.63) is 16.4 Å². The van der Waals surface area contributed by atoms with Crippen LogP contribution in [0.25, 0.3) is 11.0 Å². The molecular weight excluding hydrogens is 160 g/mol.